The van der Waals surface area contributed by atoms with Gasteiger partial charge in [0.2, 0.25) is 0 Å². The number of hydrogen-bond acceptors (Lipinski definition) is 1. The smallest absolute Gasteiger partial charge is 0.0687 e. The number of aliphatic hydroxyl groups excluding tert-OH is 1. The van der Waals surface area contributed by atoms with Crippen LogP contribution in [0.2, 0.25) is 0 Å². The Balaban J connectivity index is 0. The van der Waals surface area contributed by atoms with E-state index >= 15 is 0 Å². The quantitative estimate of drug-likeness (QED) is 0.496. The molecule has 0 spiro atoms. The van der Waals surface area contributed by atoms with Crippen LogP contribution in [-0.4, -0.2) is 5.11 Å². The Kier molecular flexibility index (Phi) is 12.8. The Morgan fingerprint density at radius 3 is 2.04 bits per heavy atom. The number of rotatable bonds is 1. The van der Waals surface area contributed by atoms with Gasteiger partial charge in [-0.15, -0.1) is 38.2 Å². The standard InChI is InChI=1S/C11H10O.C8H11.2ClH.Ti/c12-8-10-6-3-5-9-4-1-2-7-11(9)10;1-6-4-5-7(2)8(6)3;;;/h1-7,12H,8H2;4H2,1-3H3;2*1H;/q;-1;;;. The topological polar surface area (TPSA) is 20.2 Å². The second-order valence-electron chi connectivity index (χ2n) is 5.18. The van der Waals surface area contributed by atoms with Crippen molar-refractivity contribution in [2.24, 2.45) is 0 Å². The summed E-state index contributed by atoms with van der Waals surface area (Å²) in [6.45, 7) is 6.55. The molecule has 0 radical (unpaired) electrons. The summed E-state index contributed by atoms with van der Waals surface area (Å²) in [5, 5.41) is 11.4. The molecular formula is C19H23Cl2OTi-. The van der Waals surface area contributed by atoms with E-state index in [0.717, 1.165) is 17.4 Å². The third-order valence-electron chi connectivity index (χ3n) is 3.87. The number of aliphatic hydroxyl groups is 1. The molecule has 0 saturated heterocycles. The van der Waals surface area contributed by atoms with E-state index in [0.29, 0.717) is 0 Å². The Bertz CT molecular complexity index is 667. The second-order valence-corrected chi connectivity index (χ2v) is 5.18. The zero-order valence-electron chi connectivity index (χ0n) is 13.7. The monoisotopic (exact) mass is 385 g/mol. The molecule has 3 rings (SSSR count). The van der Waals surface area contributed by atoms with Gasteiger partial charge in [-0.1, -0.05) is 56.3 Å². The van der Waals surface area contributed by atoms with Crippen molar-refractivity contribution in [1.82, 2.24) is 0 Å². The molecule has 1 N–H and O–H groups in total. The molecule has 2 aromatic rings. The summed E-state index contributed by atoms with van der Waals surface area (Å²) in [5.74, 6) is 0. The molecule has 0 saturated carbocycles. The molecule has 0 bridgehead atoms. The maximum Gasteiger partial charge on any atom is 0.0687 e. The maximum absolute atomic E-state index is 9.04. The van der Waals surface area contributed by atoms with Crippen molar-refractivity contribution in [3.05, 3.63) is 70.8 Å². The molecule has 0 heterocycles. The van der Waals surface area contributed by atoms with Gasteiger partial charge in [-0.25, -0.2) is 5.57 Å². The molecule has 1 aliphatic carbocycles. The van der Waals surface area contributed by atoms with Crippen LogP contribution in [0.4, 0.5) is 0 Å². The molecule has 0 atom stereocenters. The predicted octanol–water partition coefficient (Wildman–Crippen LogP) is 5.65. The van der Waals surface area contributed by atoms with Gasteiger partial charge in [0.25, 0.3) is 0 Å². The van der Waals surface area contributed by atoms with E-state index < -0.39 is 0 Å². The van der Waals surface area contributed by atoms with Gasteiger partial charge in [-0.2, -0.15) is 11.1 Å². The van der Waals surface area contributed by atoms with Crippen LogP contribution >= 0.6 is 24.8 Å². The van der Waals surface area contributed by atoms with Gasteiger partial charge in [0, 0.05) is 21.7 Å². The van der Waals surface area contributed by atoms with Gasteiger partial charge in [0.1, 0.15) is 0 Å². The van der Waals surface area contributed by atoms with Crippen LogP contribution in [0.15, 0.2) is 59.2 Å². The summed E-state index contributed by atoms with van der Waals surface area (Å²) in [6, 6.07) is 14.0. The van der Waals surface area contributed by atoms with Gasteiger partial charge in [-0.3, -0.25) is 6.08 Å². The number of allylic oxidation sites excluding steroid dienone is 4. The molecule has 0 unspecified atom stereocenters. The minimum atomic E-state index is 0. The Hall–Kier alpha value is -0.566. The fourth-order valence-electron chi connectivity index (χ4n) is 2.28. The van der Waals surface area contributed by atoms with Crippen LogP contribution in [0, 0.1) is 6.08 Å². The zero-order chi connectivity index (χ0) is 14.5. The summed E-state index contributed by atoms with van der Waals surface area (Å²) in [4.78, 5) is 0. The second kappa shape index (κ2) is 11.9. The minimum absolute atomic E-state index is 0. The normalized spacial score (nSPS) is 12.3. The van der Waals surface area contributed by atoms with Crippen molar-refractivity contribution in [2.75, 3.05) is 0 Å². The van der Waals surface area contributed by atoms with Crippen molar-refractivity contribution in [3.8, 4) is 0 Å². The van der Waals surface area contributed by atoms with Crippen LogP contribution in [0.3, 0.4) is 0 Å². The minimum Gasteiger partial charge on any atom is -0.392 e. The van der Waals surface area contributed by atoms with E-state index in [4.69, 9.17) is 5.11 Å². The molecule has 0 amide bonds. The first-order chi connectivity index (χ1) is 9.63. The molecule has 124 valence electrons. The fraction of sp³-hybridized carbons (Fsp3) is 0.263. The molecular weight excluding hydrogens is 363 g/mol. The van der Waals surface area contributed by atoms with Crippen LogP contribution < -0.4 is 0 Å². The maximum atomic E-state index is 9.04. The Morgan fingerprint density at radius 1 is 0.957 bits per heavy atom. The van der Waals surface area contributed by atoms with Crippen molar-refractivity contribution in [1.29, 1.82) is 0 Å². The van der Waals surface area contributed by atoms with Gasteiger partial charge in [0.05, 0.1) is 6.61 Å². The molecule has 0 aliphatic heterocycles. The average Bonchev–Trinajstić information content (AvgIpc) is 2.78. The van der Waals surface area contributed by atoms with Crippen LogP contribution in [0.5, 0.6) is 0 Å². The zero-order valence-corrected chi connectivity index (χ0v) is 16.9. The number of halogens is 2. The van der Waals surface area contributed by atoms with E-state index in [-0.39, 0.29) is 53.1 Å². The van der Waals surface area contributed by atoms with Gasteiger partial charge < -0.3 is 5.11 Å². The first-order valence-corrected chi connectivity index (χ1v) is 6.95. The summed E-state index contributed by atoms with van der Waals surface area (Å²) >= 11 is 0. The first kappa shape index (κ1) is 24.7. The average molecular weight is 386 g/mol. The van der Waals surface area contributed by atoms with Crippen LogP contribution in [0.1, 0.15) is 32.8 Å². The van der Waals surface area contributed by atoms with Gasteiger partial charge in [-0.05, 0) is 16.3 Å². The molecule has 23 heavy (non-hydrogen) atoms. The van der Waals surface area contributed by atoms with Crippen molar-refractivity contribution in [3.63, 3.8) is 0 Å². The summed E-state index contributed by atoms with van der Waals surface area (Å²) < 4.78 is 0. The fourth-order valence-corrected chi connectivity index (χ4v) is 2.28. The largest absolute Gasteiger partial charge is 0.392 e. The first-order valence-electron chi connectivity index (χ1n) is 6.95. The van der Waals surface area contributed by atoms with Gasteiger partial charge >= 0.3 is 0 Å². The van der Waals surface area contributed by atoms with E-state index in [2.05, 4.69) is 39.0 Å². The predicted molar refractivity (Wildman–Crippen MR) is 99.8 cm³/mol. The molecule has 1 aliphatic rings. The van der Waals surface area contributed by atoms with E-state index in [9.17, 15) is 0 Å². The Morgan fingerprint density at radius 2 is 1.57 bits per heavy atom. The summed E-state index contributed by atoms with van der Waals surface area (Å²) in [6.07, 6.45) is 4.31. The molecule has 0 fully saturated rings. The summed E-state index contributed by atoms with van der Waals surface area (Å²) in [5.41, 5.74) is 5.24. The third-order valence-corrected chi connectivity index (χ3v) is 3.87. The number of hydrogen-bond donors (Lipinski definition) is 1. The van der Waals surface area contributed by atoms with Gasteiger partial charge in [0.15, 0.2) is 0 Å². The van der Waals surface area contributed by atoms with E-state index in [1.54, 1.807) is 0 Å². The Labute approximate surface area is 166 Å². The van der Waals surface area contributed by atoms with Crippen LogP contribution in [0.25, 0.3) is 10.8 Å². The van der Waals surface area contributed by atoms with Crippen molar-refractivity contribution in [2.45, 2.75) is 33.8 Å². The van der Waals surface area contributed by atoms with E-state index in [1.807, 2.05) is 30.3 Å². The van der Waals surface area contributed by atoms with Crippen LogP contribution in [-0.2, 0) is 28.3 Å². The molecule has 4 heteroatoms. The van der Waals surface area contributed by atoms with Crippen molar-refractivity contribution >= 4 is 35.6 Å². The summed E-state index contributed by atoms with van der Waals surface area (Å²) in [7, 11) is 0. The number of benzene rings is 2. The molecule has 0 aromatic heterocycles. The molecule has 1 nitrogen and oxygen atoms in total. The SMILES string of the molecule is CC1=[C-]CC(C)=C1C.Cl.Cl.OCc1cccc2ccccc12.[Ti]. The molecule has 2 aromatic carbocycles. The third kappa shape index (κ3) is 6.45. The van der Waals surface area contributed by atoms with E-state index in [1.165, 1.54) is 22.1 Å². The van der Waals surface area contributed by atoms with Crippen molar-refractivity contribution < 1.29 is 26.8 Å². The number of fused-ring (bicyclic) bond motifs is 1.